The maximum absolute atomic E-state index is 11.8. The highest BCUT2D eigenvalue weighted by molar-refractivity contribution is 5.33. The van der Waals surface area contributed by atoms with Gasteiger partial charge < -0.3 is 4.74 Å². The lowest BCUT2D eigenvalue weighted by molar-refractivity contribution is -0.274. The topological polar surface area (TPSA) is 9.23 Å². The summed E-state index contributed by atoms with van der Waals surface area (Å²) in [6.45, 7) is 6.03. The third-order valence-corrected chi connectivity index (χ3v) is 1.58. The quantitative estimate of drug-likeness (QED) is 0.728. The molecule has 1 aromatic carbocycles. The lowest BCUT2D eigenvalue weighted by Gasteiger charge is -2.11. The van der Waals surface area contributed by atoms with Crippen LogP contribution in [-0.2, 0) is 6.42 Å². The van der Waals surface area contributed by atoms with E-state index in [1.807, 2.05) is 0 Å². The average Bonchev–Trinajstić information content (AvgIpc) is 2.17. The first-order valence-corrected chi connectivity index (χ1v) is 5.28. The summed E-state index contributed by atoms with van der Waals surface area (Å²) >= 11 is 0. The Hall–Kier alpha value is -1.19. The molecule has 0 bridgehead atoms. The Kier molecular flexibility index (Phi) is 6.61. The largest absolute Gasteiger partial charge is 0.573 e. The van der Waals surface area contributed by atoms with E-state index in [0.29, 0.717) is 12.0 Å². The molecule has 0 saturated carbocycles. The van der Waals surface area contributed by atoms with Gasteiger partial charge in [-0.1, -0.05) is 45.4 Å². The van der Waals surface area contributed by atoms with Gasteiger partial charge in [-0.05, 0) is 18.1 Å². The zero-order valence-corrected chi connectivity index (χ0v) is 9.77. The fourth-order valence-electron chi connectivity index (χ4n) is 1.02. The molecule has 0 aliphatic rings. The first-order valence-electron chi connectivity index (χ1n) is 5.28. The van der Waals surface area contributed by atoms with Crippen LogP contribution in [0.4, 0.5) is 13.2 Å². The normalized spacial score (nSPS) is 10.4. The zero-order valence-electron chi connectivity index (χ0n) is 9.77. The predicted octanol–water partition coefficient (Wildman–Crippen LogP) is 4.56. The van der Waals surface area contributed by atoms with Gasteiger partial charge in [0.05, 0.1) is 0 Å². The third kappa shape index (κ3) is 6.32. The van der Waals surface area contributed by atoms with Crippen LogP contribution in [0.5, 0.6) is 5.75 Å². The summed E-state index contributed by atoms with van der Waals surface area (Å²) in [5, 5.41) is 0. The Labute approximate surface area is 94.2 Å². The van der Waals surface area contributed by atoms with Gasteiger partial charge >= 0.3 is 6.36 Å². The summed E-state index contributed by atoms with van der Waals surface area (Å²) in [5.74, 6) is -0.113. The van der Waals surface area contributed by atoms with Crippen molar-refractivity contribution in [2.45, 2.75) is 40.0 Å². The van der Waals surface area contributed by atoms with Crippen LogP contribution in [0.2, 0.25) is 0 Å². The van der Waals surface area contributed by atoms with Crippen LogP contribution >= 0.6 is 0 Å². The Morgan fingerprint density at radius 2 is 1.56 bits per heavy atom. The molecule has 0 fully saturated rings. The number of hydrogen-bond donors (Lipinski definition) is 0. The van der Waals surface area contributed by atoms with Crippen molar-refractivity contribution in [2.75, 3.05) is 0 Å². The highest BCUT2D eigenvalue weighted by Gasteiger charge is 2.31. The smallest absolute Gasteiger partial charge is 0.406 e. The van der Waals surface area contributed by atoms with Gasteiger partial charge in [-0.25, -0.2) is 0 Å². The van der Waals surface area contributed by atoms with Crippen LogP contribution in [0.25, 0.3) is 0 Å². The molecule has 1 nitrogen and oxygen atoms in total. The molecule has 0 aliphatic carbocycles. The summed E-state index contributed by atoms with van der Waals surface area (Å²) < 4.78 is 39.3. The summed E-state index contributed by atoms with van der Waals surface area (Å²) in [6, 6.07) is 6.12. The summed E-state index contributed by atoms with van der Waals surface area (Å²) in [7, 11) is 0. The molecule has 0 atom stereocenters. The van der Waals surface area contributed by atoms with E-state index in [9.17, 15) is 13.2 Å². The number of benzene rings is 1. The van der Waals surface area contributed by atoms with Gasteiger partial charge in [0.15, 0.2) is 0 Å². The van der Waals surface area contributed by atoms with Gasteiger partial charge in [0.1, 0.15) is 5.75 Å². The van der Waals surface area contributed by atoms with Gasteiger partial charge in [-0.3, -0.25) is 0 Å². The molecule has 0 amide bonds. The molecular formula is C12H17F3O. The molecule has 0 heterocycles. The van der Waals surface area contributed by atoms with Crippen LogP contribution in [0.1, 0.15) is 32.8 Å². The molecule has 0 spiro atoms. The molecule has 1 rings (SSSR count). The van der Waals surface area contributed by atoms with E-state index in [4.69, 9.17) is 0 Å². The molecule has 1 aromatic rings. The van der Waals surface area contributed by atoms with E-state index in [-0.39, 0.29) is 5.75 Å². The fraction of sp³-hybridized carbons (Fsp3) is 0.500. The van der Waals surface area contributed by atoms with Crippen molar-refractivity contribution in [2.24, 2.45) is 0 Å². The second kappa shape index (κ2) is 7.14. The Balaban J connectivity index is 0.000000673. The number of hydrogen-bond acceptors (Lipinski definition) is 1. The highest BCUT2D eigenvalue weighted by atomic mass is 19.4. The molecule has 0 aliphatic heterocycles. The standard InChI is InChI=1S/C9H9F3O.C3H8/c1-2-7-5-3-4-6-8(7)13-9(10,11)12;1-3-2/h3-6H,2H2,1H3;3H2,1-2H3. The molecule has 0 aromatic heterocycles. The van der Waals surface area contributed by atoms with Gasteiger partial charge in [-0.15, -0.1) is 13.2 Å². The van der Waals surface area contributed by atoms with Gasteiger partial charge in [0, 0.05) is 0 Å². The molecule has 4 heteroatoms. The number of rotatable bonds is 2. The van der Waals surface area contributed by atoms with E-state index in [0.717, 1.165) is 0 Å². The Morgan fingerprint density at radius 3 is 2.00 bits per heavy atom. The Morgan fingerprint density at radius 1 is 1.06 bits per heavy atom. The van der Waals surface area contributed by atoms with Crippen LogP contribution in [0.3, 0.4) is 0 Å². The van der Waals surface area contributed by atoms with Gasteiger partial charge in [0.25, 0.3) is 0 Å². The SMILES string of the molecule is CCC.CCc1ccccc1OC(F)(F)F. The van der Waals surface area contributed by atoms with Crippen LogP contribution in [0.15, 0.2) is 24.3 Å². The van der Waals surface area contributed by atoms with Gasteiger partial charge in [-0.2, -0.15) is 0 Å². The number of halogens is 3. The maximum atomic E-state index is 11.8. The first kappa shape index (κ1) is 14.8. The fourth-order valence-corrected chi connectivity index (χ4v) is 1.02. The second-order valence-electron chi connectivity index (χ2n) is 3.22. The van der Waals surface area contributed by atoms with E-state index in [1.54, 1.807) is 19.1 Å². The van der Waals surface area contributed by atoms with Crippen molar-refractivity contribution < 1.29 is 17.9 Å². The zero-order chi connectivity index (χ0) is 12.6. The maximum Gasteiger partial charge on any atom is 0.573 e. The van der Waals surface area contributed by atoms with Crippen molar-refractivity contribution in [3.8, 4) is 5.75 Å². The van der Waals surface area contributed by atoms with Crippen molar-refractivity contribution in [1.82, 2.24) is 0 Å². The minimum atomic E-state index is -4.61. The van der Waals surface area contributed by atoms with Crippen molar-refractivity contribution in [3.63, 3.8) is 0 Å². The predicted molar refractivity (Wildman–Crippen MR) is 58.5 cm³/mol. The molecule has 0 radical (unpaired) electrons. The lowest BCUT2D eigenvalue weighted by atomic mass is 10.1. The minimum Gasteiger partial charge on any atom is -0.406 e. The van der Waals surface area contributed by atoms with Crippen molar-refractivity contribution in [3.05, 3.63) is 29.8 Å². The van der Waals surface area contributed by atoms with Gasteiger partial charge in [0.2, 0.25) is 0 Å². The summed E-state index contributed by atoms with van der Waals surface area (Å²) in [4.78, 5) is 0. The summed E-state index contributed by atoms with van der Waals surface area (Å²) in [5.41, 5.74) is 0.555. The Bertz CT molecular complexity index is 295. The first-order chi connectivity index (χ1) is 7.44. The van der Waals surface area contributed by atoms with E-state index in [1.165, 1.54) is 18.6 Å². The monoisotopic (exact) mass is 234 g/mol. The lowest BCUT2D eigenvalue weighted by Crippen LogP contribution is -2.17. The molecule has 16 heavy (non-hydrogen) atoms. The second-order valence-corrected chi connectivity index (χ2v) is 3.22. The third-order valence-electron chi connectivity index (χ3n) is 1.58. The average molecular weight is 234 g/mol. The van der Waals surface area contributed by atoms with Crippen LogP contribution in [-0.4, -0.2) is 6.36 Å². The van der Waals surface area contributed by atoms with Crippen LogP contribution in [0, 0.1) is 0 Å². The van der Waals surface area contributed by atoms with E-state index >= 15 is 0 Å². The number of ether oxygens (including phenoxy) is 1. The number of alkyl halides is 3. The highest BCUT2D eigenvalue weighted by Crippen LogP contribution is 2.26. The van der Waals surface area contributed by atoms with E-state index < -0.39 is 6.36 Å². The summed E-state index contributed by atoms with van der Waals surface area (Å²) in [6.07, 6.45) is -2.84. The molecule has 0 saturated heterocycles. The number of para-hydroxylation sites is 1. The molecular weight excluding hydrogens is 217 g/mol. The molecule has 92 valence electrons. The molecule has 0 N–H and O–H groups in total. The minimum absolute atomic E-state index is 0.113. The number of aryl methyl sites for hydroxylation is 1. The molecule has 0 unspecified atom stereocenters. The van der Waals surface area contributed by atoms with Crippen LogP contribution < -0.4 is 4.74 Å². The van der Waals surface area contributed by atoms with Crippen molar-refractivity contribution in [1.29, 1.82) is 0 Å². The van der Waals surface area contributed by atoms with E-state index in [2.05, 4.69) is 18.6 Å². The van der Waals surface area contributed by atoms with Crippen molar-refractivity contribution >= 4 is 0 Å².